The fourth-order valence-corrected chi connectivity index (χ4v) is 1.76. The van der Waals surface area contributed by atoms with Crippen molar-refractivity contribution in [3.8, 4) is 0 Å². The average molecular weight is 230 g/mol. The van der Waals surface area contributed by atoms with Gasteiger partial charge in [-0.15, -0.1) is 0 Å². The molecule has 2 N–H and O–H groups in total. The van der Waals surface area contributed by atoms with E-state index in [4.69, 9.17) is 15.2 Å². The maximum atomic E-state index is 11.5. The van der Waals surface area contributed by atoms with Crippen molar-refractivity contribution in [2.75, 3.05) is 33.9 Å². The van der Waals surface area contributed by atoms with Crippen LogP contribution in [0.5, 0.6) is 0 Å². The summed E-state index contributed by atoms with van der Waals surface area (Å²) < 4.78 is 9.75. The third-order valence-electron chi connectivity index (χ3n) is 2.83. The van der Waals surface area contributed by atoms with Crippen molar-refractivity contribution in [1.82, 2.24) is 4.90 Å². The zero-order valence-electron chi connectivity index (χ0n) is 10.4. The third kappa shape index (κ3) is 3.73. The predicted octanol–water partition coefficient (Wildman–Crippen LogP) is -0.0124. The molecule has 0 saturated heterocycles. The number of esters is 1. The van der Waals surface area contributed by atoms with E-state index in [9.17, 15) is 4.79 Å². The van der Waals surface area contributed by atoms with Gasteiger partial charge in [-0.3, -0.25) is 9.69 Å². The van der Waals surface area contributed by atoms with Crippen LogP contribution in [0.25, 0.3) is 0 Å². The number of ether oxygens (including phenoxy) is 2. The normalized spacial score (nSPS) is 19.6. The summed E-state index contributed by atoms with van der Waals surface area (Å²) in [4.78, 5) is 13.7. The van der Waals surface area contributed by atoms with E-state index in [1.54, 1.807) is 14.0 Å². The SMILES string of the molecule is COCCN(CC(C)(N)C(=O)OC)C1CC1. The second-order valence-corrected chi connectivity index (χ2v) is 4.60. The number of nitrogens with two attached hydrogens (primary N) is 1. The van der Waals surface area contributed by atoms with Crippen molar-refractivity contribution in [3.63, 3.8) is 0 Å². The minimum absolute atomic E-state index is 0.365. The molecular formula is C11H22N2O3. The van der Waals surface area contributed by atoms with E-state index < -0.39 is 5.54 Å². The molecule has 0 heterocycles. The molecule has 0 amide bonds. The first-order valence-electron chi connectivity index (χ1n) is 5.61. The second kappa shape index (κ2) is 5.61. The van der Waals surface area contributed by atoms with Gasteiger partial charge in [-0.25, -0.2) is 0 Å². The molecular weight excluding hydrogens is 208 g/mol. The summed E-state index contributed by atoms with van der Waals surface area (Å²) in [5, 5.41) is 0. The van der Waals surface area contributed by atoms with Crippen molar-refractivity contribution in [3.05, 3.63) is 0 Å². The van der Waals surface area contributed by atoms with Gasteiger partial charge in [0.15, 0.2) is 0 Å². The molecule has 1 saturated carbocycles. The number of hydrogen-bond acceptors (Lipinski definition) is 5. The molecule has 1 unspecified atom stereocenters. The zero-order chi connectivity index (χ0) is 12.2. The molecule has 0 spiro atoms. The van der Waals surface area contributed by atoms with Crippen LogP contribution in [0.4, 0.5) is 0 Å². The molecule has 0 bridgehead atoms. The number of hydrogen-bond donors (Lipinski definition) is 1. The van der Waals surface area contributed by atoms with Crippen LogP contribution < -0.4 is 5.73 Å². The van der Waals surface area contributed by atoms with Gasteiger partial charge in [-0.2, -0.15) is 0 Å². The number of methoxy groups -OCH3 is 2. The first-order valence-corrected chi connectivity index (χ1v) is 5.61. The highest BCUT2D eigenvalue weighted by molar-refractivity contribution is 5.80. The monoisotopic (exact) mass is 230 g/mol. The molecule has 5 nitrogen and oxygen atoms in total. The van der Waals surface area contributed by atoms with E-state index in [0.717, 1.165) is 6.54 Å². The molecule has 0 radical (unpaired) electrons. The van der Waals surface area contributed by atoms with Gasteiger partial charge in [-0.1, -0.05) is 0 Å². The molecule has 0 aromatic rings. The van der Waals surface area contributed by atoms with Crippen LogP contribution >= 0.6 is 0 Å². The van der Waals surface area contributed by atoms with Gasteiger partial charge in [0.2, 0.25) is 0 Å². The molecule has 5 heteroatoms. The standard InChI is InChI=1S/C11H22N2O3/c1-11(12,10(14)16-3)8-13(6-7-15-2)9-4-5-9/h9H,4-8,12H2,1-3H3. The van der Waals surface area contributed by atoms with Crippen molar-refractivity contribution in [1.29, 1.82) is 0 Å². The Morgan fingerprint density at radius 3 is 2.56 bits per heavy atom. The fraction of sp³-hybridized carbons (Fsp3) is 0.909. The summed E-state index contributed by atoms with van der Waals surface area (Å²) in [6.45, 7) is 3.70. The Labute approximate surface area is 96.9 Å². The number of carbonyl (C=O) groups is 1. The summed E-state index contributed by atoms with van der Waals surface area (Å²) in [6.07, 6.45) is 2.36. The molecule has 1 rings (SSSR count). The largest absolute Gasteiger partial charge is 0.468 e. The highest BCUT2D eigenvalue weighted by atomic mass is 16.5. The third-order valence-corrected chi connectivity index (χ3v) is 2.83. The Morgan fingerprint density at radius 1 is 1.50 bits per heavy atom. The van der Waals surface area contributed by atoms with Crippen molar-refractivity contribution in [2.24, 2.45) is 5.73 Å². The van der Waals surface area contributed by atoms with Crippen molar-refractivity contribution >= 4 is 5.97 Å². The summed E-state index contributed by atoms with van der Waals surface area (Å²) in [5.41, 5.74) is 5.01. The van der Waals surface area contributed by atoms with Gasteiger partial charge in [0, 0.05) is 26.2 Å². The topological polar surface area (TPSA) is 64.8 Å². The van der Waals surface area contributed by atoms with Crippen LogP contribution in [0.15, 0.2) is 0 Å². The van der Waals surface area contributed by atoms with Gasteiger partial charge in [0.05, 0.1) is 13.7 Å². The Kier molecular flexibility index (Phi) is 4.70. The first-order chi connectivity index (χ1) is 7.51. The summed E-state index contributed by atoms with van der Waals surface area (Å²) in [5.74, 6) is -0.365. The molecule has 16 heavy (non-hydrogen) atoms. The van der Waals surface area contributed by atoms with Gasteiger partial charge >= 0.3 is 5.97 Å². The van der Waals surface area contributed by atoms with Crippen LogP contribution in [-0.4, -0.2) is 56.4 Å². The highest BCUT2D eigenvalue weighted by Gasteiger charge is 2.37. The Hall–Kier alpha value is -0.650. The minimum atomic E-state index is -0.939. The van der Waals surface area contributed by atoms with Crippen LogP contribution in [-0.2, 0) is 14.3 Å². The van der Waals surface area contributed by atoms with E-state index in [1.807, 2.05) is 0 Å². The van der Waals surface area contributed by atoms with E-state index >= 15 is 0 Å². The van der Waals surface area contributed by atoms with E-state index in [1.165, 1.54) is 20.0 Å². The van der Waals surface area contributed by atoms with E-state index in [-0.39, 0.29) is 5.97 Å². The number of carbonyl (C=O) groups excluding carboxylic acids is 1. The molecule has 0 aromatic heterocycles. The minimum Gasteiger partial charge on any atom is -0.468 e. The maximum absolute atomic E-state index is 11.5. The van der Waals surface area contributed by atoms with Crippen LogP contribution in [0.1, 0.15) is 19.8 Å². The lowest BCUT2D eigenvalue weighted by atomic mass is 10.0. The van der Waals surface area contributed by atoms with E-state index in [2.05, 4.69) is 4.90 Å². The smallest absolute Gasteiger partial charge is 0.326 e. The van der Waals surface area contributed by atoms with Crippen molar-refractivity contribution in [2.45, 2.75) is 31.3 Å². The van der Waals surface area contributed by atoms with Crippen LogP contribution in [0.3, 0.4) is 0 Å². The molecule has 0 aromatic carbocycles. The Bertz CT molecular complexity index is 239. The summed E-state index contributed by atoms with van der Waals surface area (Å²) >= 11 is 0. The lowest BCUT2D eigenvalue weighted by Gasteiger charge is -2.30. The van der Waals surface area contributed by atoms with E-state index in [0.29, 0.717) is 19.2 Å². The van der Waals surface area contributed by atoms with Gasteiger partial charge in [0.25, 0.3) is 0 Å². The Balaban J connectivity index is 2.49. The zero-order valence-corrected chi connectivity index (χ0v) is 10.4. The molecule has 1 atom stereocenters. The van der Waals surface area contributed by atoms with Gasteiger partial charge in [-0.05, 0) is 19.8 Å². The Morgan fingerprint density at radius 2 is 2.12 bits per heavy atom. The van der Waals surface area contributed by atoms with Crippen molar-refractivity contribution < 1.29 is 14.3 Å². The lowest BCUT2D eigenvalue weighted by molar-refractivity contribution is -0.147. The number of rotatable bonds is 7. The van der Waals surface area contributed by atoms with Gasteiger partial charge in [0.1, 0.15) is 5.54 Å². The average Bonchev–Trinajstić information content (AvgIpc) is 3.06. The molecule has 1 fully saturated rings. The first kappa shape index (κ1) is 13.4. The molecule has 94 valence electrons. The second-order valence-electron chi connectivity index (χ2n) is 4.60. The molecule has 1 aliphatic rings. The molecule has 1 aliphatic carbocycles. The summed E-state index contributed by atoms with van der Waals surface area (Å²) in [6, 6.07) is 0.558. The van der Waals surface area contributed by atoms with Crippen LogP contribution in [0.2, 0.25) is 0 Å². The quantitative estimate of drug-likeness (QED) is 0.623. The predicted molar refractivity (Wildman–Crippen MR) is 61.1 cm³/mol. The lowest BCUT2D eigenvalue weighted by Crippen LogP contribution is -2.55. The van der Waals surface area contributed by atoms with Gasteiger partial charge < -0.3 is 15.2 Å². The highest BCUT2D eigenvalue weighted by Crippen LogP contribution is 2.27. The maximum Gasteiger partial charge on any atom is 0.326 e. The summed E-state index contributed by atoms with van der Waals surface area (Å²) in [7, 11) is 3.04. The molecule has 0 aliphatic heterocycles. The number of nitrogens with zero attached hydrogens (tertiary/aromatic N) is 1. The fourth-order valence-electron chi connectivity index (χ4n) is 1.76. The van der Waals surface area contributed by atoms with Crippen LogP contribution in [0, 0.1) is 0 Å².